The summed E-state index contributed by atoms with van der Waals surface area (Å²) < 4.78 is 10.6. The van der Waals surface area contributed by atoms with Crippen molar-refractivity contribution in [3.05, 3.63) is 59.0 Å². The van der Waals surface area contributed by atoms with Crippen molar-refractivity contribution in [1.29, 1.82) is 0 Å². The van der Waals surface area contributed by atoms with E-state index in [4.69, 9.17) is 9.15 Å². The van der Waals surface area contributed by atoms with E-state index < -0.39 is 0 Å². The number of rotatable bonds is 4. The average Bonchev–Trinajstić information content (AvgIpc) is 2.59. The Bertz CT molecular complexity index is 902. The molecule has 1 N–H and O–H groups in total. The molecule has 0 fully saturated rings. The van der Waals surface area contributed by atoms with Crippen LogP contribution < -0.4 is 20.6 Å². The second-order valence-corrected chi connectivity index (χ2v) is 5.14. The Labute approximate surface area is 134 Å². The van der Waals surface area contributed by atoms with Crippen molar-refractivity contribution in [2.45, 2.75) is 0 Å². The quantitative estimate of drug-likeness (QED) is 0.746. The second kappa shape index (κ2) is 6.04. The second-order valence-electron chi connectivity index (χ2n) is 5.14. The van der Waals surface area contributed by atoms with Gasteiger partial charge in [0.15, 0.2) is 0 Å². The summed E-state index contributed by atoms with van der Waals surface area (Å²) in [7, 11) is 5.39. The van der Waals surface area contributed by atoms with E-state index >= 15 is 0 Å². The summed E-state index contributed by atoms with van der Waals surface area (Å²) in [5.41, 5.74) is 2.82. The van der Waals surface area contributed by atoms with Crippen LogP contribution >= 0.6 is 0 Å². The van der Waals surface area contributed by atoms with Crippen LogP contribution in [0.5, 0.6) is 5.75 Å². The van der Waals surface area contributed by atoms with E-state index in [0.717, 1.165) is 28.2 Å². The molecule has 1 heterocycles. The van der Waals surface area contributed by atoms with Gasteiger partial charge in [-0.15, -0.1) is 0 Å². The maximum absolute atomic E-state index is 11.8. The zero-order valence-corrected chi connectivity index (χ0v) is 13.3. The lowest BCUT2D eigenvalue weighted by Crippen LogP contribution is -2.13. The van der Waals surface area contributed by atoms with Crippen LogP contribution in [-0.2, 0) is 0 Å². The van der Waals surface area contributed by atoms with E-state index in [9.17, 15) is 4.79 Å². The summed E-state index contributed by atoms with van der Waals surface area (Å²) in [6, 6.07) is 14.8. The van der Waals surface area contributed by atoms with Crippen LogP contribution in [0, 0.1) is 0 Å². The minimum atomic E-state index is -0.368. The summed E-state index contributed by atoms with van der Waals surface area (Å²) in [6.07, 6.45) is 0. The van der Waals surface area contributed by atoms with E-state index in [1.54, 1.807) is 13.2 Å². The lowest BCUT2D eigenvalue weighted by atomic mass is 10.1. The average molecular weight is 310 g/mol. The molecule has 0 saturated heterocycles. The summed E-state index contributed by atoms with van der Waals surface area (Å²) in [4.78, 5) is 13.8. The van der Waals surface area contributed by atoms with Gasteiger partial charge in [-0.2, -0.15) is 0 Å². The van der Waals surface area contributed by atoms with Crippen molar-refractivity contribution in [3.8, 4) is 5.75 Å². The van der Waals surface area contributed by atoms with Gasteiger partial charge in [-0.3, -0.25) is 0 Å². The molecule has 118 valence electrons. The summed E-state index contributed by atoms with van der Waals surface area (Å²) in [6.45, 7) is 0. The minimum Gasteiger partial charge on any atom is -0.495 e. The molecule has 0 unspecified atom stereocenters. The number of para-hydroxylation sites is 1. The molecule has 0 bridgehead atoms. The third-order valence-electron chi connectivity index (χ3n) is 3.83. The molecule has 23 heavy (non-hydrogen) atoms. The molecule has 0 aliphatic heterocycles. The highest BCUT2D eigenvalue weighted by Gasteiger charge is 2.12. The Kier molecular flexibility index (Phi) is 3.93. The normalized spacial score (nSPS) is 10.6. The molecule has 3 rings (SSSR count). The van der Waals surface area contributed by atoms with Gasteiger partial charge in [-0.05, 0) is 30.3 Å². The molecule has 2 aromatic carbocycles. The van der Waals surface area contributed by atoms with E-state index in [-0.39, 0.29) is 5.63 Å². The largest absolute Gasteiger partial charge is 0.495 e. The molecule has 0 atom stereocenters. The maximum Gasteiger partial charge on any atom is 0.338 e. The first-order valence-corrected chi connectivity index (χ1v) is 7.26. The fourth-order valence-corrected chi connectivity index (χ4v) is 2.61. The lowest BCUT2D eigenvalue weighted by Gasteiger charge is -2.22. The molecule has 0 spiro atoms. The number of nitrogens with zero attached hydrogens (tertiary/aromatic N) is 1. The minimum absolute atomic E-state index is 0.368. The van der Waals surface area contributed by atoms with E-state index in [2.05, 4.69) is 5.32 Å². The Balaban J connectivity index is 2.14. The Hall–Kier alpha value is -2.95. The molecular weight excluding hydrogens is 292 g/mol. The van der Waals surface area contributed by atoms with Crippen molar-refractivity contribution in [2.75, 3.05) is 31.4 Å². The predicted molar refractivity (Wildman–Crippen MR) is 93.1 cm³/mol. The predicted octanol–water partition coefficient (Wildman–Crippen LogP) is 3.61. The van der Waals surface area contributed by atoms with Crippen LogP contribution in [0.15, 0.2) is 57.7 Å². The molecule has 0 aliphatic rings. The van der Waals surface area contributed by atoms with E-state index in [0.29, 0.717) is 5.58 Å². The number of hydrogen-bond donors (Lipinski definition) is 1. The van der Waals surface area contributed by atoms with Crippen molar-refractivity contribution < 1.29 is 9.15 Å². The monoisotopic (exact) mass is 310 g/mol. The van der Waals surface area contributed by atoms with Crippen LogP contribution in [0.3, 0.4) is 0 Å². The highest BCUT2D eigenvalue weighted by molar-refractivity contribution is 5.92. The van der Waals surface area contributed by atoms with Gasteiger partial charge < -0.3 is 19.4 Å². The molecule has 0 saturated carbocycles. The SMILES string of the molecule is CNc1cc(N(C)c2cc(=O)oc3ccccc23)ccc1OC. The number of nitrogens with one attached hydrogen (secondary N) is 1. The Morgan fingerprint density at radius 2 is 1.91 bits per heavy atom. The van der Waals surface area contributed by atoms with Gasteiger partial charge in [0.2, 0.25) is 0 Å². The fraction of sp³-hybridized carbons (Fsp3) is 0.167. The van der Waals surface area contributed by atoms with Gasteiger partial charge in [0.1, 0.15) is 11.3 Å². The van der Waals surface area contributed by atoms with Crippen LogP contribution in [0.25, 0.3) is 11.0 Å². The smallest absolute Gasteiger partial charge is 0.338 e. The van der Waals surface area contributed by atoms with Crippen molar-refractivity contribution in [1.82, 2.24) is 0 Å². The van der Waals surface area contributed by atoms with Crippen molar-refractivity contribution in [2.24, 2.45) is 0 Å². The zero-order valence-electron chi connectivity index (χ0n) is 13.3. The molecule has 0 radical (unpaired) electrons. The number of methoxy groups -OCH3 is 1. The fourth-order valence-electron chi connectivity index (χ4n) is 2.61. The summed E-state index contributed by atoms with van der Waals surface area (Å²) >= 11 is 0. The van der Waals surface area contributed by atoms with Gasteiger partial charge in [-0.1, -0.05) is 12.1 Å². The number of fused-ring (bicyclic) bond motifs is 1. The molecule has 0 amide bonds. The van der Waals surface area contributed by atoms with Gasteiger partial charge in [0.05, 0.1) is 18.5 Å². The molecule has 1 aromatic heterocycles. The maximum atomic E-state index is 11.8. The number of hydrogen-bond acceptors (Lipinski definition) is 5. The number of benzene rings is 2. The molecule has 5 nitrogen and oxygen atoms in total. The molecule has 3 aromatic rings. The van der Waals surface area contributed by atoms with Gasteiger partial charge in [-0.25, -0.2) is 4.79 Å². The number of ether oxygens (including phenoxy) is 1. The highest BCUT2D eigenvalue weighted by Crippen LogP contribution is 2.34. The van der Waals surface area contributed by atoms with Gasteiger partial charge in [0.25, 0.3) is 0 Å². The van der Waals surface area contributed by atoms with Crippen molar-refractivity contribution in [3.63, 3.8) is 0 Å². The standard InChI is InChI=1S/C18H18N2O3/c1-19-14-10-12(8-9-17(14)22-3)20(2)15-11-18(21)23-16-7-5-4-6-13(15)16/h4-11,19H,1-3H3. The van der Waals surface area contributed by atoms with Gasteiger partial charge >= 0.3 is 5.63 Å². The van der Waals surface area contributed by atoms with Gasteiger partial charge in [0, 0.05) is 31.2 Å². The first-order valence-electron chi connectivity index (χ1n) is 7.26. The van der Waals surface area contributed by atoms with E-state index in [1.807, 2.05) is 55.4 Å². The molecular formula is C18H18N2O3. The van der Waals surface area contributed by atoms with E-state index in [1.165, 1.54) is 6.07 Å². The summed E-state index contributed by atoms with van der Waals surface area (Å²) in [5.74, 6) is 0.766. The summed E-state index contributed by atoms with van der Waals surface area (Å²) in [5, 5.41) is 4.00. The first kappa shape index (κ1) is 15.0. The Morgan fingerprint density at radius 3 is 2.65 bits per heavy atom. The third-order valence-corrected chi connectivity index (χ3v) is 3.83. The third kappa shape index (κ3) is 2.73. The Morgan fingerprint density at radius 1 is 1.13 bits per heavy atom. The lowest BCUT2D eigenvalue weighted by molar-refractivity contribution is 0.416. The highest BCUT2D eigenvalue weighted by atomic mass is 16.5. The number of anilines is 3. The van der Waals surface area contributed by atoms with Crippen LogP contribution in [-0.4, -0.2) is 21.2 Å². The van der Waals surface area contributed by atoms with Crippen molar-refractivity contribution >= 4 is 28.0 Å². The van der Waals surface area contributed by atoms with Crippen LogP contribution in [0.1, 0.15) is 0 Å². The zero-order chi connectivity index (χ0) is 16.4. The topological polar surface area (TPSA) is 54.7 Å². The molecule has 5 heteroatoms. The molecule has 0 aliphatic carbocycles. The first-order chi connectivity index (χ1) is 11.1. The van der Waals surface area contributed by atoms with Crippen LogP contribution in [0.2, 0.25) is 0 Å². The van der Waals surface area contributed by atoms with Crippen LogP contribution in [0.4, 0.5) is 17.1 Å².